The summed E-state index contributed by atoms with van der Waals surface area (Å²) in [5, 5.41) is 11.6. The van der Waals surface area contributed by atoms with Crippen LogP contribution in [-0.4, -0.2) is 49.7 Å². The van der Waals surface area contributed by atoms with E-state index < -0.39 is 23.6 Å². The second kappa shape index (κ2) is 6.37. The summed E-state index contributed by atoms with van der Waals surface area (Å²) in [5.74, 6) is 1.36. The minimum Gasteiger partial charge on any atom is -0.493 e. The van der Waals surface area contributed by atoms with E-state index in [4.69, 9.17) is 23.7 Å². The highest BCUT2D eigenvalue weighted by Gasteiger charge is 2.56. The molecule has 3 aliphatic heterocycles. The van der Waals surface area contributed by atoms with E-state index in [1.807, 2.05) is 0 Å². The molecule has 0 saturated heterocycles. The van der Waals surface area contributed by atoms with Crippen molar-refractivity contribution < 1.29 is 38.4 Å². The normalized spacial score (nSPS) is 25.5. The van der Waals surface area contributed by atoms with Gasteiger partial charge < -0.3 is 28.8 Å². The lowest BCUT2D eigenvalue weighted by Crippen LogP contribution is -2.57. The van der Waals surface area contributed by atoms with Crippen molar-refractivity contribution in [3.05, 3.63) is 41.0 Å². The minimum absolute atomic E-state index is 0.0369. The van der Waals surface area contributed by atoms with Gasteiger partial charge in [-0.15, -0.1) is 0 Å². The van der Waals surface area contributed by atoms with Crippen LogP contribution in [0.2, 0.25) is 0 Å². The number of hydrogen-bond donors (Lipinski definition) is 1. The minimum atomic E-state index is -1.95. The molecule has 8 nitrogen and oxygen atoms in total. The molecule has 2 aromatic carbocycles. The van der Waals surface area contributed by atoms with Crippen LogP contribution in [-0.2, 0) is 16.8 Å². The lowest BCUT2D eigenvalue weighted by molar-refractivity contribution is -0.122. The highest BCUT2D eigenvalue weighted by Crippen LogP contribution is 2.51. The predicted octanol–water partition coefficient (Wildman–Crippen LogP) is 1.82. The summed E-state index contributed by atoms with van der Waals surface area (Å²) < 4.78 is 28.2. The maximum Gasteiger partial charge on any atom is 0.206 e. The Morgan fingerprint density at radius 2 is 1.87 bits per heavy atom. The smallest absolute Gasteiger partial charge is 0.206 e. The molecule has 3 aliphatic rings. The van der Waals surface area contributed by atoms with E-state index in [1.165, 1.54) is 27.2 Å². The van der Waals surface area contributed by atoms with E-state index in [9.17, 15) is 14.7 Å². The fraction of sp³-hybridized carbons (Fsp3) is 0.364. The lowest BCUT2D eigenvalue weighted by Gasteiger charge is -2.43. The SMILES string of the molecule is COc1cc2c(cc1OC)[C@]1(O)C(=O)c3ccc4c(c3O[C@H]1CO2)C[C@H](C(C)=O)O4. The van der Waals surface area contributed by atoms with Crippen LogP contribution in [0.25, 0.3) is 0 Å². The molecule has 3 atom stereocenters. The van der Waals surface area contributed by atoms with Gasteiger partial charge in [0.2, 0.25) is 5.78 Å². The molecule has 0 bridgehead atoms. The quantitative estimate of drug-likeness (QED) is 0.815. The average molecular weight is 412 g/mol. The summed E-state index contributed by atoms with van der Waals surface area (Å²) in [7, 11) is 2.96. The van der Waals surface area contributed by atoms with E-state index in [2.05, 4.69) is 0 Å². The molecule has 0 radical (unpaired) electrons. The summed E-state index contributed by atoms with van der Waals surface area (Å²) in [6.45, 7) is 1.42. The molecular weight excluding hydrogens is 392 g/mol. The topological polar surface area (TPSA) is 101 Å². The van der Waals surface area contributed by atoms with Crippen molar-refractivity contribution in [3.63, 3.8) is 0 Å². The monoisotopic (exact) mass is 412 g/mol. The molecule has 0 aromatic heterocycles. The number of ketones is 2. The molecule has 8 heteroatoms. The van der Waals surface area contributed by atoms with Crippen LogP contribution >= 0.6 is 0 Å². The first-order chi connectivity index (χ1) is 14.4. The number of fused-ring (bicyclic) bond motifs is 6. The molecule has 1 N–H and O–H groups in total. The van der Waals surface area contributed by atoms with Crippen molar-refractivity contribution in [2.75, 3.05) is 20.8 Å². The Morgan fingerprint density at radius 1 is 1.13 bits per heavy atom. The van der Waals surface area contributed by atoms with Gasteiger partial charge in [0.25, 0.3) is 0 Å². The van der Waals surface area contributed by atoms with Crippen molar-refractivity contribution in [2.45, 2.75) is 31.2 Å². The molecule has 0 unspecified atom stereocenters. The van der Waals surface area contributed by atoms with E-state index in [-0.39, 0.29) is 23.5 Å². The molecule has 5 rings (SSSR count). The van der Waals surface area contributed by atoms with Crippen molar-refractivity contribution >= 4 is 11.6 Å². The highest BCUT2D eigenvalue weighted by molar-refractivity contribution is 6.07. The molecular formula is C22H20O8. The van der Waals surface area contributed by atoms with Gasteiger partial charge >= 0.3 is 0 Å². The maximum absolute atomic E-state index is 13.5. The fourth-order valence-electron chi connectivity index (χ4n) is 4.31. The Kier molecular flexibility index (Phi) is 3.98. The Bertz CT molecular complexity index is 1090. The summed E-state index contributed by atoms with van der Waals surface area (Å²) in [4.78, 5) is 25.3. The van der Waals surface area contributed by atoms with E-state index in [0.717, 1.165) is 0 Å². The molecule has 0 spiro atoms. The zero-order chi connectivity index (χ0) is 21.2. The highest BCUT2D eigenvalue weighted by atomic mass is 16.6. The van der Waals surface area contributed by atoms with Gasteiger partial charge in [0, 0.05) is 23.6 Å². The fourth-order valence-corrected chi connectivity index (χ4v) is 4.31. The van der Waals surface area contributed by atoms with Crippen molar-refractivity contribution in [2.24, 2.45) is 0 Å². The zero-order valence-electron chi connectivity index (χ0n) is 16.7. The van der Waals surface area contributed by atoms with Crippen LogP contribution in [0.1, 0.15) is 28.4 Å². The van der Waals surface area contributed by atoms with Gasteiger partial charge in [-0.25, -0.2) is 0 Å². The number of rotatable bonds is 3. The summed E-state index contributed by atoms with van der Waals surface area (Å²) in [6.07, 6.45) is -1.26. The van der Waals surface area contributed by atoms with E-state index in [1.54, 1.807) is 18.2 Å². The van der Waals surface area contributed by atoms with Gasteiger partial charge in [-0.2, -0.15) is 0 Å². The van der Waals surface area contributed by atoms with E-state index in [0.29, 0.717) is 40.7 Å². The Morgan fingerprint density at radius 3 is 2.57 bits per heavy atom. The molecule has 2 aromatic rings. The first-order valence-corrected chi connectivity index (χ1v) is 9.54. The summed E-state index contributed by atoms with van der Waals surface area (Å²) in [6, 6.07) is 6.31. The van der Waals surface area contributed by atoms with Crippen molar-refractivity contribution in [3.8, 4) is 28.7 Å². The number of methoxy groups -OCH3 is 2. The molecule has 0 saturated carbocycles. The van der Waals surface area contributed by atoms with Crippen LogP contribution in [0.15, 0.2) is 24.3 Å². The van der Waals surface area contributed by atoms with Gasteiger partial charge in [0.05, 0.1) is 19.8 Å². The van der Waals surface area contributed by atoms with Crippen molar-refractivity contribution in [1.29, 1.82) is 0 Å². The van der Waals surface area contributed by atoms with Crippen LogP contribution < -0.4 is 23.7 Å². The predicted molar refractivity (Wildman–Crippen MR) is 103 cm³/mol. The Balaban J connectivity index is 1.63. The first kappa shape index (κ1) is 18.7. The third-order valence-electron chi connectivity index (χ3n) is 5.93. The van der Waals surface area contributed by atoms with Crippen LogP contribution in [0.4, 0.5) is 0 Å². The average Bonchev–Trinajstić information content (AvgIpc) is 3.19. The molecule has 3 heterocycles. The van der Waals surface area contributed by atoms with Gasteiger partial charge in [0.1, 0.15) is 23.9 Å². The van der Waals surface area contributed by atoms with Crippen LogP contribution in [0.5, 0.6) is 28.7 Å². The third kappa shape index (κ3) is 2.37. The first-order valence-electron chi connectivity index (χ1n) is 9.54. The standard InChI is InChI=1S/C22H20O8/c1-10(23)15-6-12-14(29-15)5-4-11-20(12)30-19-9-28-16-8-18(27-3)17(26-2)7-13(16)22(19,25)21(11)24/h4-5,7-8,15,19,25H,6,9H2,1-3H3/t15-,19+,22-/m1/s1. The zero-order valence-corrected chi connectivity index (χ0v) is 16.7. The molecule has 0 fully saturated rings. The maximum atomic E-state index is 13.5. The van der Waals surface area contributed by atoms with E-state index >= 15 is 0 Å². The summed E-state index contributed by atoms with van der Waals surface area (Å²) >= 11 is 0. The number of hydrogen-bond acceptors (Lipinski definition) is 8. The van der Waals surface area contributed by atoms with Crippen LogP contribution in [0, 0.1) is 0 Å². The molecule has 0 amide bonds. The van der Waals surface area contributed by atoms with Gasteiger partial charge in [-0.3, -0.25) is 9.59 Å². The van der Waals surface area contributed by atoms with Gasteiger partial charge in [-0.1, -0.05) is 0 Å². The number of benzene rings is 2. The second-order valence-electron chi connectivity index (χ2n) is 7.56. The van der Waals surface area contributed by atoms with Gasteiger partial charge in [0.15, 0.2) is 35.1 Å². The van der Waals surface area contributed by atoms with Crippen molar-refractivity contribution in [1.82, 2.24) is 0 Å². The van der Waals surface area contributed by atoms with Gasteiger partial charge in [-0.05, 0) is 25.1 Å². The molecule has 0 aliphatic carbocycles. The van der Waals surface area contributed by atoms with Crippen LogP contribution in [0.3, 0.4) is 0 Å². The number of ether oxygens (including phenoxy) is 5. The molecule has 156 valence electrons. The number of carbonyl (C=O) groups is 2. The summed E-state index contributed by atoms with van der Waals surface area (Å²) in [5.41, 5.74) is -0.803. The number of aliphatic hydroxyl groups is 1. The Labute approximate surface area is 172 Å². The molecule has 30 heavy (non-hydrogen) atoms. The third-order valence-corrected chi connectivity index (χ3v) is 5.93. The second-order valence-corrected chi connectivity index (χ2v) is 7.56. The number of Topliss-reactive ketones (excluding diaryl/α,β-unsaturated/α-hetero) is 2. The number of carbonyl (C=O) groups excluding carboxylic acids is 2. The lowest BCUT2D eigenvalue weighted by atomic mass is 9.77. The Hall–Kier alpha value is -3.26. The largest absolute Gasteiger partial charge is 0.493 e.